The number of aliphatic hydroxyl groups excluding tert-OH is 1. The number of aliphatic hydroxyl groups is 1. The lowest BCUT2D eigenvalue weighted by Gasteiger charge is -2.09. The minimum Gasteiger partial charge on any atom is -0.388 e. The van der Waals surface area contributed by atoms with Crippen molar-refractivity contribution in [1.82, 2.24) is 4.98 Å². The fraction of sp³-hybridized carbons (Fsp3) is 0.500. The summed E-state index contributed by atoms with van der Waals surface area (Å²) < 4.78 is 0. The van der Waals surface area contributed by atoms with Gasteiger partial charge in [-0.1, -0.05) is 6.92 Å². The van der Waals surface area contributed by atoms with Gasteiger partial charge < -0.3 is 5.11 Å². The number of rotatable bonds is 2. The summed E-state index contributed by atoms with van der Waals surface area (Å²) in [5.41, 5.74) is 2.91. The topological polar surface area (TPSA) is 33.1 Å². The van der Waals surface area contributed by atoms with Gasteiger partial charge in [0.25, 0.3) is 0 Å². The number of aromatic nitrogens is 1. The Hall–Kier alpha value is -0.890. The third kappa shape index (κ3) is 2.05. The van der Waals surface area contributed by atoms with Crippen LogP contribution in [0, 0.1) is 13.8 Å². The minimum absolute atomic E-state index is 0.342. The van der Waals surface area contributed by atoms with Gasteiger partial charge in [0.05, 0.1) is 6.10 Å². The molecule has 0 aliphatic rings. The molecule has 1 N–H and O–H groups in total. The van der Waals surface area contributed by atoms with Crippen LogP contribution in [-0.2, 0) is 0 Å². The second kappa shape index (κ2) is 3.68. The zero-order valence-corrected chi connectivity index (χ0v) is 7.83. The van der Waals surface area contributed by atoms with E-state index >= 15 is 0 Å². The smallest absolute Gasteiger partial charge is 0.0788 e. The molecule has 0 aliphatic heterocycles. The molecule has 1 aromatic rings. The van der Waals surface area contributed by atoms with Crippen molar-refractivity contribution in [3.63, 3.8) is 0 Å². The molecule has 0 amide bonds. The van der Waals surface area contributed by atoms with Crippen molar-refractivity contribution in [2.45, 2.75) is 33.3 Å². The Labute approximate surface area is 73.3 Å². The number of hydrogen-bond acceptors (Lipinski definition) is 2. The third-order valence-corrected chi connectivity index (χ3v) is 1.88. The summed E-state index contributed by atoms with van der Waals surface area (Å²) in [6.45, 7) is 5.85. The molecular weight excluding hydrogens is 150 g/mol. The van der Waals surface area contributed by atoms with Crippen molar-refractivity contribution in [1.29, 1.82) is 0 Å². The van der Waals surface area contributed by atoms with Crippen LogP contribution in [0.25, 0.3) is 0 Å². The summed E-state index contributed by atoms with van der Waals surface area (Å²) in [4.78, 5) is 4.24. The normalized spacial score (nSPS) is 13.0. The standard InChI is InChI=1S/C10H15NO/c1-4-10(12)9-5-7(2)11-8(3)6-9/h5-6,10,12H,4H2,1-3H3/t10-/m0/s1. The number of aryl methyl sites for hydroxylation is 2. The number of nitrogens with zero attached hydrogens (tertiary/aromatic N) is 1. The molecule has 12 heavy (non-hydrogen) atoms. The molecule has 0 aliphatic carbocycles. The summed E-state index contributed by atoms with van der Waals surface area (Å²) >= 11 is 0. The van der Waals surface area contributed by atoms with Crippen LogP contribution in [0.2, 0.25) is 0 Å². The predicted octanol–water partition coefficient (Wildman–Crippen LogP) is 2.14. The molecule has 2 nitrogen and oxygen atoms in total. The molecule has 1 heterocycles. The van der Waals surface area contributed by atoms with Crippen LogP contribution < -0.4 is 0 Å². The van der Waals surface area contributed by atoms with E-state index in [1.165, 1.54) is 0 Å². The van der Waals surface area contributed by atoms with Gasteiger partial charge in [0.15, 0.2) is 0 Å². The minimum atomic E-state index is -0.342. The fourth-order valence-corrected chi connectivity index (χ4v) is 1.29. The molecule has 0 unspecified atom stereocenters. The molecule has 0 aromatic carbocycles. The Morgan fingerprint density at radius 1 is 1.33 bits per heavy atom. The quantitative estimate of drug-likeness (QED) is 0.728. The lowest BCUT2D eigenvalue weighted by molar-refractivity contribution is 0.173. The largest absolute Gasteiger partial charge is 0.388 e. The van der Waals surface area contributed by atoms with E-state index in [0.29, 0.717) is 0 Å². The second-order valence-electron chi connectivity index (χ2n) is 3.11. The first-order valence-electron chi connectivity index (χ1n) is 4.26. The van der Waals surface area contributed by atoms with Gasteiger partial charge in [0.2, 0.25) is 0 Å². The average molecular weight is 165 g/mol. The summed E-state index contributed by atoms with van der Waals surface area (Å²) in [7, 11) is 0. The van der Waals surface area contributed by atoms with Gasteiger partial charge in [-0.25, -0.2) is 0 Å². The summed E-state index contributed by atoms with van der Waals surface area (Å²) in [6.07, 6.45) is 0.411. The highest BCUT2D eigenvalue weighted by molar-refractivity contribution is 5.22. The molecule has 66 valence electrons. The van der Waals surface area contributed by atoms with Gasteiger partial charge in [0.1, 0.15) is 0 Å². The van der Waals surface area contributed by atoms with Crippen LogP contribution in [0.1, 0.15) is 36.4 Å². The van der Waals surface area contributed by atoms with E-state index in [1.54, 1.807) is 0 Å². The van der Waals surface area contributed by atoms with Crippen molar-refractivity contribution in [3.8, 4) is 0 Å². The lowest BCUT2D eigenvalue weighted by atomic mass is 10.1. The zero-order chi connectivity index (χ0) is 9.14. The maximum atomic E-state index is 9.55. The van der Waals surface area contributed by atoms with Gasteiger partial charge in [0, 0.05) is 11.4 Å². The van der Waals surface area contributed by atoms with Gasteiger partial charge in [-0.15, -0.1) is 0 Å². The molecule has 1 aromatic heterocycles. The first-order chi connectivity index (χ1) is 5.63. The van der Waals surface area contributed by atoms with Crippen molar-refractivity contribution in [2.24, 2.45) is 0 Å². The maximum absolute atomic E-state index is 9.55. The van der Waals surface area contributed by atoms with Crippen LogP contribution in [0.3, 0.4) is 0 Å². The Morgan fingerprint density at radius 3 is 2.25 bits per heavy atom. The Bertz CT molecular complexity index is 250. The summed E-state index contributed by atoms with van der Waals surface area (Å²) in [6, 6.07) is 3.86. The molecule has 0 spiro atoms. The third-order valence-electron chi connectivity index (χ3n) is 1.88. The molecule has 1 atom stereocenters. The van der Waals surface area contributed by atoms with Crippen LogP contribution in [0.15, 0.2) is 12.1 Å². The maximum Gasteiger partial charge on any atom is 0.0788 e. The predicted molar refractivity (Wildman–Crippen MR) is 49.0 cm³/mol. The van der Waals surface area contributed by atoms with Gasteiger partial charge in [-0.2, -0.15) is 0 Å². The van der Waals surface area contributed by atoms with Crippen molar-refractivity contribution < 1.29 is 5.11 Å². The van der Waals surface area contributed by atoms with E-state index < -0.39 is 0 Å². The average Bonchev–Trinajstić information content (AvgIpc) is 2.01. The fourth-order valence-electron chi connectivity index (χ4n) is 1.29. The first-order valence-corrected chi connectivity index (χ1v) is 4.26. The molecule has 2 heteroatoms. The number of hydrogen-bond donors (Lipinski definition) is 1. The Kier molecular flexibility index (Phi) is 2.82. The van der Waals surface area contributed by atoms with E-state index in [0.717, 1.165) is 23.4 Å². The highest BCUT2D eigenvalue weighted by Crippen LogP contribution is 2.17. The summed E-state index contributed by atoms with van der Waals surface area (Å²) in [5.74, 6) is 0. The molecular formula is C10H15NO. The van der Waals surface area contributed by atoms with E-state index in [2.05, 4.69) is 4.98 Å². The summed E-state index contributed by atoms with van der Waals surface area (Å²) in [5, 5.41) is 9.55. The molecule has 1 rings (SSSR count). The van der Waals surface area contributed by atoms with Crippen molar-refractivity contribution >= 4 is 0 Å². The second-order valence-corrected chi connectivity index (χ2v) is 3.11. The van der Waals surface area contributed by atoms with Crippen LogP contribution in [0.4, 0.5) is 0 Å². The first kappa shape index (κ1) is 9.20. The molecule has 0 bridgehead atoms. The lowest BCUT2D eigenvalue weighted by Crippen LogP contribution is -1.98. The van der Waals surface area contributed by atoms with E-state index in [-0.39, 0.29) is 6.10 Å². The molecule has 0 saturated heterocycles. The van der Waals surface area contributed by atoms with Crippen LogP contribution in [0.5, 0.6) is 0 Å². The highest BCUT2D eigenvalue weighted by atomic mass is 16.3. The van der Waals surface area contributed by atoms with Gasteiger partial charge in [-0.05, 0) is 38.0 Å². The molecule has 0 saturated carbocycles. The van der Waals surface area contributed by atoms with Crippen molar-refractivity contribution in [2.75, 3.05) is 0 Å². The van der Waals surface area contributed by atoms with Crippen molar-refractivity contribution in [3.05, 3.63) is 29.1 Å². The zero-order valence-electron chi connectivity index (χ0n) is 7.83. The Balaban J connectivity index is 3.00. The SMILES string of the molecule is CC[C@H](O)c1cc(C)nc(C)c1. The van der Waals surface area contributed by atoms with E-state index in [9.17, 15) is 5.11 Å². The molecule has 0 fully saturated rings. The van der Waals surface area contributed by atoms with Gasteiger partial charge in [-0.3, -0.25) is 4.98 Å². The number of pyridine rings is 1. The van der Waals surface area contributed by atoms with E-state index in [1.807, 2.05) is 32.9 Å². The monoisotopic (exact) mass is 165 g/mol. The van der Waals surface area contributed by atoms with Gasteiger partial charge >= 0.3 is 0 Å². The van der Waals surface area contributed by atoms with Crippen LogP contribution in [-0.4, -0.2) is 10.1 Å². The van der Waals surface area contributed by atoms with Crippen LogP contribution >= 0.6 is 0 Å². The Morgan fingerprint density at radius 2 is 1.83 bits per heavy atom. The molecule has 0 radical (unpaired) electrons. The highest BCUT2D eigenvalue weighted by Gasteiger charge is 2.05. The van der Waals surface area contributed by atoms with E-state index in [4.69, 9.17) is 0 Å².